The topological polar surface area (TPSA) is 139 Å². The molecule has 3 heterocycles. The van der Waals surface area contributed by atoms with Crippen LogP contribution in [0.1, 0.15) is 78.3 Å². The number of benzene rings is 2. The van der Waals surface area contributed by atoms with Gasteiger partial charge in [0.05, 0.1) is 24.0 Å². The van der Waals surface area contributed by atoms with Gasteiger partial charge in [-0.2, -0.15) is 0 Å². The smallest absolute Gasteiger partial charge is 0.319 e. The van der Waals surface area contributed by atoms with Gasteiger partial charge in [0.25, 0.3) is 5.91 Å². The average Bonchev–Trinajstić information content (AvgIpc) is 3.37. The lowest BCUT2D eigenvalue weighted by atomic mass is 10.0. The molecule has 43 heavy (non-hydrogen) atoms. The number of nitrogens with zero attached hydrogens (tertiary/aromatic N) is 2. The van der Waals surface area contributed by atoms with Crippen molar-refractivity contribution in [1.29, 1.82) is 0 Å². The first kappa shape index (κ1) is 27.6. The minimum absolute atomic E-state index is 0.183. The van der Waals surface area contributed by atoms with Crippen molar-refractivity contribution in [2.75, 3.05) is 12.4 Å². The first-order chi connectivity index (χ1) is 20.9. The Hall–Kier alpha value is -4.19. The number of piperidine rings is 1. The summed E-state index contributed by atoms with van der Waals surface area (Å²) < 4.78 is 12.9. The molecule has 2 saturated carbocycles. The fraction of sp³-hybridized carbons (Fsp3) is 0.452. The molecule has 0 radical (unpaired) electrons. The number of rotatable bonds is 8. The molecule has 5 amide bonds. The lowest BCUT2D eigenvalue weighted by Crippen LogP contribution is -2.52. The van der Waals surface area contributed by atoms with Crippen molar-refractivity contribution in [3.8, 4) is 11.5 Å². The van der Waals surface area contributed by atoms with Crippen LogP contribution in [-0.4, -0.2) is 52.9 Å². The highest BCUT2D eigenvalue weighted by atomic mass is 32.1. The Kier molecular flexibility index (Phi) is 7.16. The molecule has 224 valence electrons. The molecule has 3 fully saturated rings. The van der Waals surface area contributed by atoms with Gasteiger partial charge in [-0.3, -0.25) is 19.7 Å². The van der Waals surface area contributed by atoms with E-state index in [1.54, 1.807) is 36.6 Å². The van der Waals surface area contributed by atoms with Gasteiger partial charge in [0.15, 0.2) is 5.75 Å². The van der Waals surface area contributed by atoms with Crippen molar-refractivity contribution in [2.24, 2.45) is 5.92 Å². The van der Waals surface area contributed by atoms with Gasteiger partial charge in [-0.05, 0) is 80.7 Å². The molecule has 11 nitrogen and oxygen atoms in total. The van der Waals surface area contributed by atoms with Gasteiger partial charge in [-0.15, -0.1) is 11.3 Å². The first-order valence-corrected chi connectivity index (χ1v) is 15.7. The van der Waals surface area contributed by atoms with Crippen LogP contribution in [0.15, 0.2) is 30.3 Å². The summed E-state index contributed by atoms with van der Waals surface area (Å²) in [6, 6.07) is 7.69. The van der Waals surface area contributed by atoms with E-state index in [4.69, 9.17) is 14.5 Å². The molecule has 1 aromatic heterocycles. The fourth-order valence-electron chi connectivity index (χ4n) is 6.29. The highest BCUT2D eigenvalue weighted by Gasteiger charge is 2.39. The number of nitrogens with one attached hydrogen (secondary N) is 3. The lowest BCUT2D eigenvalue weighted by molar-refractivity contribution is -0.136. The van der Waals surface area contributed by atoms with E-state index < -0.39 is 11.9 Å². The number of carbonyl (C=O) groups is 4. The number of anilines is 1. The van der Waals surface area contributed by atoms with Gasteiger partial charge in [0.1, 0.15) is 22.3 Å². The zero-order chi connectivity index (χ0) is 29.7. The summed E-state index contributed by atoms with van der Waals surface area (Å²) in [6.45, 7) is 0.239. The number of hydrogen-bond donors (Lipinski definition) is 3. The van der Waals surface area contributed by atoms with Gasteiger partial charge >= 0.3 is 6.03 Å². The standard InChI is InChI=1S/C31H33N5O6S/c1-41-20-13-23(42-19-4-2-3-5-19)27-24(14-20)43-29(34-27)26(16-6-7-16)35-31(40)32-18-8-9-21-17(12-18)15-36(30(21)39)22-10-11-25(37)33-28(22)38/h8-9,12-14,16,19,22,26H,2-7,10-11,15H2,1H3,(H2,32,35,40)(H,33,37,38). The van der Waals surface area contributed by atoms with Crippen LogP contribution in [0.5, 0.6) is 11.5 Å². The number of hydrogen-bond acceptors (Lipinski definition) is 8. The molecule has 3 N–H and O–H groups in total. The summed E-state index contributed by atoms with van der Waals surface area (Å²) in [7, 11) is 1.64. The highest BCUT2D eigenvalue weighted by molar-refractivity contribution is 7.18. The van der Waals surface area contributed by atoms with Crippen LogP contribution in [-0.2, 0) is 16.1 Å². The van der Waals surface area contributed by atoms with Crippen molar-refractivity contribution in [3.63, 3.8) is 0 Å². The van der Waals surface area contributed by atoms with Crippen LogP contribution in [0, 0.1) is 5.92 Å². The molecule has 2 aromatic carbocycles. The SMILES string of the molecule is COc1cc(OC2CCCC2)c2nc(C(NC(=O)Nc3ccc4c(c3)CN(C3CCC(=O)NC3=O)C4=O)C3CC3)sc2c1. The number of carbonyl (C=O) groups excluding carboxylic acids is 4. The third-order valence-corrected chi connectivity index (χ3v) is 9.79. The van der Waals surface area contributed by atoms with Crippen molar-refractivity contribution in [1.82, 2.24) is 20.5 Å². The third kappa shape index (κ3) is 5.51. The van der Waals surface area contributed by atoms with Crippen LogP contribution in [0.2, 0.25) is 0 Å². The summed E-state index contributed by atoms with van der Waals surface area (Å²) in [6.07, 6.45) is 7.10. The van der Waals surface area contributed by atoms with E-state index in [2.05, 4.69) is 16.0 Å². The van der Waals surface area contributed by atoms with E-state index in [0.717, 1.165) is 58.0 Å². The van der Waals surface area contributed by atoms with Gasteiger partial charge in [0, 0.05) is 30.3 Å². The predicted octanol–water partition coefficient (Wildman–Crippen LogP) is 4.66. The summed E-state index contributed by atoms with van der Waals surface area (Å²) in [4.78, 5) is 56.6. The zero-order valence-corrected chi connectivity index (χ0v) is 24.6. The second kappa shape index (κ2) is 11.1. The molecule has 7 rings (SSSR count). The van der Waals surface area contributed by atoms with Crippen LogP contribution in [0.4, 0.5) is 10.5 Å². The fourth-order valence-corrected chi connectivity index (χ4v) is 7.45. The molecule has 0 spiro atoms. The average molecular weight is 604 g/mol. The van der Waals surface area contributed by atoms with E-state index in [9.17, 15) is 19.2 Å². The number of aromatic nitrogens is 1. The van der Waals surface area contributed by atoms with Crippen molar-refractivity contribution in [2.45, 2.75) is 76.1 Å². The summed E-state index contributed by atoms with van der Waals surface area (Å²) in [5.41, 5.74) is 2.56. The van der Waals surface area contributed by atoms with E-state index >= 15 is 0 Å². The number of amides is 5. The summed E-state index contributed by atoms with van der Waals surface area (Å²) in [5.74, 6) is 0.713. The molecule has 0 bridgehead atoms. The maximum absolute atomic E-state index is 13.2. The highest BCUT2D eigenvalue weighted by Crippen LogP contribution is 2.45. The molecular weight excluding hydrogens is 570 g/mol. The van der Waals surface area contributed by atoms with Crippen LogP contribution in [0.3, 0.4) is 0 Å². The quantitative estimate of drug-likeness (QED) is 0.318. The first-order valence-electron chi connectivity index (χ1n) is 14.9. The Morgan fingerprint density at radius 1 is 1.09 bits per heavy atom. The monoisotopic (exact) mass is 603 g/mol. The van der Waals surface area contributed by atoms with Crippen LogP contribution < -0.4 is 25.4 Å². The Bertz CT molecular complexity index is 1630. The Balaban J connectivity index is 1.06. The van der Waals surface area contributed by atoms with Gasteiger partial charge in [-0.1, -0.05) is 0 Å². The molecule has 4 aliphatic rings. The van der Waals surface area contributed by atoms with Crippen molar-refractivity contribution in [3.05, 3.63) is 46.5 Å². The van der Waals surface area contributed by atoms with Crippen LogP contribution >= 0.6 is 11.3 Å². The molecule has 2 atom stereocenters. The summed E-state index contributed by atoms with van der Waals surface area (Å²) >= 11 is 1.54. The van der Waals surface area contributed by atoms with E-state index in [-0.39, 0.29) is 43.0 Å². The molecule has 3 aromatic rings. The number of thiazole rings is 1. The maximum Gasteiger partial charge on any atom is 0.319 e. The van der Waals surface area contributed by atoms with Gasteiger partial charge in [0.2, 0.25) is 11.8 Å². The van der Waals surface area contributed by atoms with Gasteiger partial charge < -0.3 is 25.0 Å². The van der Waals surface area contributed by atoms with Crippen molar-refractivity contribution < 1.29 is 28.7 Å². The van der Waals surface area contributed by atoms with Gasteiger partial charge in [-0.25, -0.2) is 9.78 Å². The molecule has 2 aliphatic heterocycles. The van der Waals surface area contributed by atoms with E-state index in [0.29, 0.717) is 23.6 Å². The Morgan fingerprint density at radius 3 is 2.65 bits per heavy atom. The molecule has 1 saturated heterocycles. The van der Waals surface area contributed by atoms with E-state index in [1.165, 1.54) is 17.7 Å². The number of urea groups is 1. The normalized spacial score (nSPS) is 21.1. The number of methoxy groups -OCH3 is 1. The molecular formula is C31H33N5O6S. The van der Waals surface area contributed by atoms with Crippen LogP contribution in [0.25, 0.3) is 10.2 Å². The third-order valence-electron chi connectivity index (χ3n) is 8.71. The number of ether oxygens (including phenoxy) is 2. The zero-order valence-electron chi connectivity index (χ0n) is 23.8. The minimum Gasteiger partial charge on any atom is -0.497 e. The largest absolute Gasteiger partial charge is 0.497 e. The minimum atomic E-state index is -0.686. The second-order valence-electron chi connectivity index (χ2n) is 11.7. The lowest BCUT2D eigenvalue weighted by Gasteiger charge is -2.29. The van der Waals surface area contributed by atoms with E-state index in [1.807, 2.05) is 12.1 Å². The Morgan fingerprint density at radius 2 is 1.91 bits per heavy atom. The predicted molar refractivity (Wildman–Crippen MR) is 159 cm³/mol. The molecule has 2 unspecified atom stereocenters. The summed E-state index contributed by atoms with van der Waals surface area (Å²) in [5, 5.41) is 9.20. The molecule has 2 aliphatic carbocycles. The molecule has 12 heteroatoms. The second-order valence-corrected chi connectivity index (χ2v) is 12.8. The number of imide groups is 1. The number of fused-ring (bicyclic) bond motifs is 2. The van der Waals surface area contributed by atoms with Crippen molar-refractivity contribution >= 4 is 51.0 Å². The Labute approximate surface area is 252 Å². The maximum atomic E-state index is 13.2.